The number of hydrogen-bond donors (Lipinski definition) is 0. The lowest BCUT2D eigenvalue weighted by Gasteiger charge is -2.41. The number of carbonyl (C=O) groups is 1. The normalized spacial score (nSPS) is 18.9. The van der Waals surface area contributed by atoms with E-state index in [4.69, 9.17) is 9.47 Å². The zero-order chi connectivity index (χ0) is 17.5. The van der Waals surface area contributed by atoms with Gasteiger partial charge in [0, 0.05) is 39.7 Å². The molecule has 5 heteroatoms. The molecule has 1 aliphatic rings. The van der Waals surface area contributed by atoms with Gasteiger partial charge in [-0.15, -0.1) is 0 Å². The van der Waals surface area contributed by atoms with Crippen LogP contribution in [0.5, 0.6) is 5.75 Å². The van der Waals surface area contributed by atoms with Crippen LogP contribution in [0.15, 0.2) is 24.3 Å². The van der Waals surface area contributed by atoms with Crippen molar-refractivity contribution in [2.75, 3.05) is 39.4 Å². The molecule has 24 heavy (non-hydrogen) atoms. The van der Waals surface area contributed by atoms with Crippen molar-refractivity contribution in [1.29, 1.82) is 0 Å². The largest absolute Gasteiger partial charge is 0.491 e. The van der Waals surface area contributed by atoms with Crippen LogP contribution in [0.2, 0.25) is 0 Å². The summed E-state index contributed by atoms with van der Waals surface area (Å²) in [7, 11) is 0. The van der Waals surface area contributed by atoms with Crippen molar-refractivity contribution in [2.24, 2.45) is 0 Å². The zero-order valence-corrected chi connectivity index (χ0v) is 15.3. The number of ether oxygens (including phenoxy) is 2. The first-order valence-corrected chi connectivity index (χ1v) is 8.85. The number of nitrogens with zero attached hydrogens (tertiary/aromatic N) is 2. The van der Waals surface area contributed by atoms with Crippen LogP contribution in [-0.2, 0) is 9.53 Å². The predicted molar refractivity (Wildman–Crippen MR) is 95.3 cm³/mol. The van der Waals surface area contributed by atoms with Crippen molar-refractivity contribution >= 4 is 5.91 Å². The van der Waals surface area contributed by atoms with Crippen LogP contribution in [0.3, 0.4) is 0 Å². The molecule has 0 aromatic heterocycles. The Bertz CT molecular complexity index is 516. The number of hydrogen-bond acceptors (Lipinski definition) is 4. The van der Waals surface area contributed by atoms with Crippen molar-refractivity contribution in [3.8, 4) is 5.75 Å². The van der Waals surface area contributed by atoms with Gasteiger partial charge >= 0.3 is 0 Å². The second-order valence-electron chi connectivity index (χ2n) is 6.45. The number of rotatable bonds is 7. The molecule has 1 aliphatic heterocycles. The molecule has 1 aromatic rings. The highest BCUT2D eigenvalue weighted by molar-refractivity contribution is 5.73. The first-order valence-electron chi connectivity index (χ1n) is 8.85. The van der Waals surface area contributed by atoms with E-state index in [1.807, 2.05) is 37.8 Å². The van der Waals surface area contributed by atoms with Crippen LogP contribution in [0.4, 0.5) is 0 Å². The minimum Gasteiger partial charge on any atom is -0.491 e. The number of carbonyl (C=O) groups excluding carboxylic acids is 1. The van der Waals surface area contributed by atoms with E-state index in [9.17, 15) is 4.79 Å². The van der Waals surface area contributed by atoms with Gasteiger partial charge in [0.15, 0.2) is 0 Å². The van der Waals surface area contributed by atoms with Crippen molar-refractivity contribution in [3.05, 3.63) is 29.8 Å². The van der Waals surface area contributed by atoms with Crippen LogP contribution in [0.25, 0.3) is 0 Å². The van der Waals surface area contributed by atoms with Gasteiger partial charge in [0.2, 0.25) is 5.91 Å². The van der Waals surface area contributed by atoms with E-state index in [-0.39, 0.29) is 18.1 Å². The van der Waals surface area contributed by atoms with Gasteiger partial charge in [0.1, 0.15) is 5.75 Å². The Labute approximate surface area is 145 Å². The minimum absolute atomic E-state index is 0.143. The summed E-state index contributed by atoms with van der Waals surface area (Å²) in [5, 5.41) is 0. The van der Waals surface area contributed by atoms with Crippen molar-refractivity contribution in [3.63, 3.8) is 0 Å². The second kappa shape index (κ2) is 9.04. The fourth-order valence-electron chi connectivity index (χ4n) is 3.06. The van der Waals surface area contributed by atoms with Gasteiger partial charge in [-0.2, -0.15) is 0 Å². The molecule has 1 saturated heterocycles. The lowest BCUT2D eigenvalue weighted by atomic mass is 10.0. The third kappa shape index (κ3) is 5.21. The lowest BCUT2D eigenvalue weighted by molar-refractivity contribution is -0.132. The molecule has 0 N–H and O–H groups in total. The first-order chi connectivity index (χ1) is 11.5. The molecule has 1 heterocycles. The molecule has 0 radical (unpaired) electrons. The fraction of sp³-hybridized carbons (Fsp3) is 0.632. The van der Waals surface area contributed by atoms with Crippen LogP contribution in [0, 0.1) is 0 Å². The average molecular weight is 334 g/mol. The van der Waals surface area contributed by atoms with E-state index < -0.39 is 0 Å². The van der Waals surface area contributed by atoms with Gasteiger partial charge in [-0.3, -0.25) is 9.69 Å². The van der Waals surface area contributed by atoms with E-state index in [2.05, 4.69) is 17.0 Å². The summed E-state index contributed by atoms with van der Waals surface area (Å²) >= 11 is 0. The quantitative estimate of drug-likeness (QED) is 0.719. The van der Waals surface area contributed by atoms with Gasteiger partial charge in [0.25, 0.3) is 0 Å². The highest BCUT2D eigenvalue weighted by atomic mass is 16.5. The van der Waals surface area contributed by atoms with Gasteiger partial charge in [-0.05, 0) is 38.5 Å². The van der Waals surface area contributed by atoms with Crippen molar-refractivity contribution < 1.29 is 14.3 Å². The average Bonchev–Trinajstić information content (AvgIpc) is 2.55. The van der Waals surface area contributed by atoms with Gasteiger partial charge < -0.3 is 14.4 Å². The van der Waals surface area contributed by atoms with Crippen molar-refractivity contribution in [2.45, 2.75) is 39.8 Å². The maximum atomic E-state index is 11.8. The third-order valence-corrected chi connectivity index (χ3v) is 4.30. The SMILES string of the molecule is CCOCCN1CCN(C(C)=O)C[C@H]1c1ccc(OC(C)C)cc1. The number of benzene rings is 1. The molecule has 0 bridgehead atoms. The summed E-state index contributed by atoms with van der Waals surface area (Å²) in [6.45, 7) is 12.4. The highest BCUT2D eigenvalue weighted by Gasteiger charge is 2.29. The Morgan fingerprint density at radius 3 is 2.54 bits per heavy atom. The summed E-state index contributed by atoms with van der Waals surface area (Å²) in [4.78, 5) is 16.1. The van der Waals surface area contributed by atoms with E-state index in [1.54, 1.807) is 6.92 Å². The summed E-state index contributed by atoms with van der Waals surface area (Å²) in [5.41, 5.74) is 1.22. The fourth-order valence-corrected chi connectivity index (χ4v) is 3.06. The van der Waals surface area contributed by atoms with Gasteiger partial charge in [0.05, 0.1) is 18.8 Å². The monoisotopic (exact) mass is 334 g/mol. The van der Waals surface area contributed by atoms with Gasteiger partial charge in [-0.1, -0.05) is 12.1 Å². The maximum absolute atomic E-state index is 11.8. The lowest BCUT2D eigenvalue weighted by Crippen LogP contribution is -2.50. The van der Waals surface area contributed by atoms with Crippen LogP contribution in [-0.4, -0.2) is 61.2 Å². The summed E-state index contributed by atoms with van der Waals surface area (Å²) in [6.07, 6.45) is 0.168. The molecule has 1 fully saturated rings. The molecular formula is C19H30N2O3. The molecule has 134 valence electrons. The Hall–Kier alpha value is -1.59. The predicted octanol–water partition coefficient (Wildman–Crippen LogP) is 2.72. The Morgan fingerprint density at radius 2 is 1.96 bits per heavy atom. The third-order valence-electron chi connectivity index (χ3n) is 4.30. The van der Waals surface area contributed by atoms with E-state index in [1.165, 1.54) is 5.56 Å². The molecule has 0 aliphatic carbocycles. The van der Waals surface area contributed by atoms with E-state index >= 15 is 0 Å². The molecule has 1 aromatic carbocycles. The van der Waals surface area contributed by atoms with Crippen LogP contribution >= 0.6 is 0 Å². The molecule has 0 saturated carbocycles. The summed E-state index contributed by atoms with van der Waals surface area (Å²) in [5.74, 6) is 1.03. The Kier molecular flexibility index (Phi) is 7.06. The minimum atomic E-state index is 0.143. The summed E-state index contributed by atoms with van der Waals surface area (Å²) < 4.78 is 11.2. The highest BCUT2D eigenvalue weighted by Crippen LogP contribution is 2.27. The smallest absolute Gasteiger partial charge is 0.219 e. The zero-order valence-electron chi connectivity index (χ0n) is 15.3. The molecule has 2 rings (SSSR count). The molecule has 5 nitrogen and oxygen atoms in total. The number of piperazine rings is 1. The van der Waals surface area contributed by atoms with Crippen molar-refractivity contribution in [1.82, 2.24) is 9.80 Å². The first kappa shape index (κ1) is 18.7. The molecular weight excluding hydrogens is 304 g/mol. The summed E-state index contributed by atoms with van der Waals surface area (Å²) in [6, 6.07) is 8.46. The second-order valence-corrected chi connectivity index (χ2v) is 6.45. The van der Waals surface area contributed by atoms with E-state index in [0.717, 1.165) is 45.1 Å². The van der Waals surface area contributed by atoms with Crippen LogP contribution < -0.4 is 4.74 Å². The Balaban J connectivity index is 2.11. The molecule has 1 amide bonds. The number of amides is 1. The standard InChI is InChI=1S/C19H30N2O3/c1-5-23-13-12-20-10-11-21(16(4)22)14-19(20)17-6-8-18(9-7-17)24-15(2)3/h6-9,15,19H,5,10-14H2,1-4H3/t19-/m0/s1. The molecule has 1 atom stereocenters. The van der Waals surface area contributed by atoms with E-state index in [0.29, 0.717) is 0 Å². The Morgan fingerprint density at radius 1 is 1.25 bits per heavy atom. The topological polar surface area (TPSA) is 42.0 Å². The van der Waals surface area contributed by atoms with Crippen LogP contribution in [0.1, 0.15) is 39.3 Å². The maximum Gasteiger partial charge on any atom is 0.219 e. The molecule has 0 spiro atoms. The van der Waals surface area contributed by atoms with Gasteiger partial charge in [-0.25, -0.2) is 0 Å². The molecule has 0 unspecified atom stereocenters.